The number of rotatable bonds is 13. The van der Waals surface area contributed by atoms with Gasteiger partial charge in [0.05, 0.1) is 6.54 Å². The summed E-state index contributed by atoms with van der Waals surface area (Å²) < 4.78 is 4.96. The van der Waals surface area contributed by atoms with E-state index in [1.54, 1.807) is 55.6 Å². The predicted molar refractivity (Wildman–Crippen MR) is 126 cm³/mol. The zero-order valence-electron chi connectivity index (χ0n) is 18.7. The van der Waals surface area contributed by atoms with E-state index in [9.17, 15) is 14.4 Å². The number of methoxy groups -OCH3 is 1. The Balaban J connectivity index is 1.85. The molecule has 8 heteroatoms. The summed E-state index contributed by atoms with van der Waals surface area (Å²) in [5, 5.41) is 11.5. The number of hydrogen-bond acceptors (Lipinski definition) is 5. The number of ether oxygens (including phenoxy) is 1. The average molecular weight is 441 g/mol. The first kappa shape index (κ1) is 24.9. The fourth-order valence-electron chi connectivity index (χ4n) is 2.90. The van der Waals surface area contributed by atoms with Crippen molar-refractivity contribution in [1.82, 2.24) is 10.6 Å². The Labute approximate surface area is 189 Å². The number of amides is 3. The van der Waals surface area contributed by atoms with Crippen LogP contribution in [0.2, 0.25) is 0 Å². The van der Waals surface area contributed by atoms with Gasteiger partial charge in [0.1, 0.15) is 0 Å². The van der Waals surface area contributed by atoms with Crippen molar-refractivity contribution in [2.45, 2.75) is 26.2 Å². The summed E-state index contributed by atoms with van der Waals surface area (Å²) in [6.45, 7) is 3.82. The second kappa shape index (κ2) is 13.8. The van der Waals surface area contributed by atoms with E-state index in [0.717, 1.165) is 19.3 Å². The smallest absolute Gasteiger partial charge is 0.251 e. The largest absolute Gasteiger partial charge is 0.385 e. The maximum atomic E-state index is 12.3. The van der Waals surface area contributed by atoms with E-state index in [4.69, 9.17) is 4.74 Å². The summed E-state index contributed by atoms with van der Waals surface area (Å²) in [6.07, 6.45) is 2.67. The lowest BCUT2D eigenvalue weighted by Gasteiger charge is -2.11. The number of anilines is 2. The van der Waals surface area contributed by atoms with Crippen LogP contribution in [0.15, 0.2) is 48.5 Å². The van der Waals surface area contributed by atoms with Crippen LogP contribution in [0.5, 0.6) is 0 Å². The molecular formula is C24H32N4O4. The molecule has 3 amide bonds. The van der Waals surface area contributed by atoms with Crippen molar-refractivity contribution in [1.29, 1.82) is 0 Å². The number of unbranched alkanes of at least 4 members (excludes halogenated alkanes) is 1. The van der Waals surface area contributed by atoms with Gasteiger partial charge in [-0.3, -0.25) is 14.4 Å². The molecule has 172 valence electrons. The maximum absolute atomic E-state index is 12.3. The zero-order valence-corrected chi connectivity index (χ0v) is 18.7. The molecule has 0 aromatic heterocycles. The lowest BCUT2D eigenvalue weighted by atomic mass is 10.1. The summed E-state index contributed by atoms with van der Waals surface area (Å²) in [4.78, 5) is 36.7. The summed E-state index contributed by atoms with van der Waals surface area (Å²) in [7, 11) is 1.62. The van der Waals surface area contributed by atoms with Gasteiger partial charge in [-0.15, -0.1) is 0 Å². The Hall–Kier alpha value is -3.39. The van der Waals surface area contributed by atoms with Crippen LogP contribution in [0.1, 0.15) is 46.9 Å². The fourth-order valence-corrected chi connectivity index (χ4v) is 2.90. The Morgan fingerprint density at radius 3 is 2.06 bits per heavy atom. The molecule has 2 aromatic rings. The van der Waals surface area contributed by atoms with Gasteiger partial charge < -0.3 is 26.0 Å². The summed E-state index contributed by atoms with van der Waals surface area (Å²) in [6, 6.07) is 13.8. The molecule has 0 aliphatic heterocycles. The van der Waals surface area contributed by atoms with Gasteiger partial charge in [0.15, 0.2) is 0 Å². The van der Waals surface area contributed by atoms with Crippen LogP contribution in [-0.2, 0) is 9.53 Å². The topological polar surface area (TPSA) is 109 Å². The maximum Gasteiger partial charge on any atom is 0.251 e. The first-order valence-electron chi connectivity index (χ1n) is 10.8. The third-order valence-electron chi connectivity index (χ3n) is 4.61. The first-order chi connectivity index (χ1) is 15.5. The molecule has 0 heterocycles. The van der Waals surface area contributed by atoms with E-state index in [0.29, 0.717) is 42.2 Å². The Bertz CT molecular complexity index is 901. The van der Waals surface area contributed by atoms with Crippen molar-refractivity contribution in [3.8, 4) is 0 Å². The molecule has 0 unspecified atom stereocenters. The summed E-state index contributed by atoms with van der Waals surface area (Å²) >= 11 is 0. The number of benzene rings is 2. The molecule has 2 aromatic carbocycles. The van der Waals surface area contributed by atoms with Crippen LogP contribution in [0, 0.1) is 0 Å². The highest BCUT2D eigenvalue weighted by molar-refractivity contribution is 5.98. The molecule has 4 N–H and O–H groups in total. The van der Waals surface area contributed by atoms with Gasteiger partial charge in [0, 0.05) is 49.3 Å². The SMILES string of the molecule is CCCCNC(=O)c1cccc(NCC(=O)Nc2cccc(C(=O)NCCCOC)c2)c1. The predicted octanol–water partition coefficient (Wildman–Crippen LogP) is 3.03. The van der Waals surface area contributed by atoms with E-state index >= 15 is 0 Å². The van der Waals surface area contributed by atoms with Crippen molar-refractivity contribution in [2.75, 3.05) is 44.0 Å². The molecule has 0 saturated heterocycles. The van der Waals surface area contributed by atoms with Crippen molar-refractivity contribution in [3.05, 3.63) is 59.7 Å². The molecule has 8 nitrogen and oxygen atoms in total. The van der Waals surface area contributed by atoms with E-state index in [-0.39, 0.29) is 24.3 Å². The molecule has 2 rings (SSSR count). The number of carbonyl (C=O) groups excluding carboxylic acids is 3. The molecule has 0 saturated carbocycles. The fraction of sp³-hybridized carbons (Fsp3) is 0.375. The van der Waals surface area contributed by atoms with E-state index in [1.807, 2.05) is 0 Å². The van der Waals surface area contributed by atoms with Crippen molar-refractivity contribution in [2.24, 2.45) is 0 Å². The molecule has 0 fully saturated rings. The van der Waals surface area contributed by atoms with Crippen LogP contribution >= 0.6 is 0 Å². The number of carbonyl (C=O) groups is 3. The van der Waals surface area contributed by atoms with Gasteiger partial charge in [-0.2, -0.15) is 0 Å². The summed E-state index contributed by atoms with van der Waals surface area (Å²) in [5.74, 6) is -0.603. The Kier molecular flexibility index (Phi) is 10.7. The van der Waals surface area contributed by atoms with Crippen LogP contribution in [0.25, 0.3) is 0 Å². The lowest BCUT2D eigenvalue weighted by molar-refractivity contribution is -0.114. The minimum Gasteiger partial charge on any atom is -0.385 e. The van der Waals surface area contributed by atoms with Crippen LogP contribution in [0.3, 0.4) is 0 Å². The van der Waals surface area contributed by atoms with Crippen LogP contribution in [-0.4, -0.2) is 51.1 Å². The second-order valence-corrected chi connectivity index (χ2v) is 7.28. The van der Waals surface area contributed by atoms with Gasteiger partial charge >= 0.3 is 0 Å². The van der Waals surface area contributed by atoms with E-state index in [2.05, 4.69) is 28.2 Å². The molecule has 0 spiro atoms. The number of hydrogen-bond donors (Lipinski definition) is 4. The first-order valence-corrected chi connectivity index (χ1v) is 10.8. The van der Waals surface area contributed by atoms with E-state index in [1.165, 1.54) is 0 Å². The normalized spacial score (nSPS) is 10.3. The zero-order chi connectivity index (χ0) is 23.2. The highest BCUT2D eigenvalue weighted by Gasteiger charge is 2.09. The standard InChI is InChI=1S/C24H32N4O4/c1-3-4-12-25-23(30)18-8-5-10-20(15-18)27-17-22(29)28-21-11-6-9-19(16-21)24(31)26-13-7-14-32-2/h5-6,8-11,15-16,27H,3-4,7,12-14,17H2,1-2H3,(H,25,30)(H,26,31)(H,28,29). The average Bonchev–Trinajstić information content (AvgIpc) is 2.81. The van der Waals surface area contributed by atoms with Crippen molar-refractivity contribution in [3.63, 3.8) is 0 Å². The van der Waals surface area contributed by atoms with Gasteiger partial charge in [-0.1, -0.05) is 25.5 Å². The molecule has 0 atom stereocenters. The monoisotopic (exact) mass is 440 g/mol. The third-order valence-corrected chi connectivity index (χ3v) is 4.61. The molecule has 0 aliphatic rings. The van der Waals surface area contributed by atoms with Gasteiger partial charge in [-0.25, -0.2) is 0 Å². The van der Waals surface area contributed by atoms with Gasteiger partial charge in [0.2, 0.25) is 5.91 Å². The third kappa shape index (κ3) is 8.77. The molecule has 0 bridgehead atoms. The quantitative estimate of drug-likeness (QED) is 0.358. The van der Waals surface area contributed by atoms with Gasteiger partial charge in [0.25, 0.3) is 11.8 Å². The minimum atomic E-state index is -0.263. The van der Waals surface area contributed by atoms with Crippen molar-refractivity contribution >= 4 is 29.1 Å². The number of nitrogens with one attached hydrogen (secondary N) is 4. The van der Waals surface area contributed by atoms with Gasteiger partial charge in [-0.05, 0) is 49.2 Å². The lowest BCUT2D eigenvalue weighted by Crippen LogP contribution is -2.26. The molecule has 32 heavy (non-hydrogen) atoms. The summed E-state index contributed by atoms with van der Waals surface area (Å²) in [5.41, 5.74) is 2.21. The Morgan fingerprint density at radius 1 is 0.844 bits per heavy atom. The minimum absolute atomic E-state index is 0.0222. The van der Waals surface area contributed by atoms with Crippen LogP contribution in [0.4, 0.5) is 11.4 Å². The van der Waals surface area contributed by atoms with E-state index < -0.39 is 0 Å². The van der Waals surface area contributed by atoms with Crippen molar-refractivity contribution < 1.29 is 19.1 Å². The molecular weight excluding hydrogens is 408 g/mol. The molecule has 0 radical (unpaired) electrons. The Morgan fingerprint density at radius 2 is 1.44 bits per heavy atom. The second-order valence-electron chi connectivity index (χ2n) is 7.28. The van der Waals surface area contributed by atoms with Crippen LogP contribution < -0.4 is 21.3 Å². The molecule has 0 aliphatic carbocycles. The highest BCUT2D eigenvalue weighted by atomic mass is 16.5. The highest BCUT2D eigenvalue weighted by Crippen LogP contribution is 2.12.